The van der Waals surface area contributed by atoms with Crippen molar-refractivity contribution in [3.8, 4) is 10.4 Å². The molecule has 4 heteroatoms. The van der Waals surface area contributed by atoms with Gasteiger partial charge in [0.2, 0.25) is 0 Å². The number of thiophene rings is 1. The van der Waals surface area contributed by atoms with Crippen LogP contribution in [0.15, 0.2) is 30.5 Å². The first-order chi connectivity index (χ1) is 8.61. The summed E-state index contributed by atoms with van der Waals surface area (Å²) in [5.74, 6) is 0. The number of aromatic nitrogens is 1. The van der Waals surface area contributed by atoms with Gasteiger partial charge in [0, 0.05) is 16.6 Å². The summed E-state index contributed by atoms with van der Waals surface area (Å²) in [6, 6.07) is 6.00. The second-order valence-corrected chi connectivity index (χ2v) is 6.08. The molecular formula is C14H13Cl2NS. The Kier molecular flexibility index (Phi) is 4.44. The van der Waals surface area contributed by atoms with E-state index in [4.69, 9.17) is 23.2 Å². The first-order valence-corrected chi connectivity index (χ1v) is 7.27. The maximum Gasteiger partial charge on any atom is 0.0934 e. The number of rotatable bonds is 3. The van der Waals surface area contributed by atoms with Gasteiger partial charge in [0.15, 0.2) is 0 Å². The highest BCUT2D eigenvalue weighted by Gasteiger charge is 2.08. The van der Waals surface area contributed by atoms with E-state index in [1.807, 2.05) is 31.3 Å². The smallest absolute Gasteiger partial charge is 0.0934 e. The number of nitrogens with zero attached hydrogens (tertiary/aromatic N) is 1. The Labute approximate surface area is 121 Å². The van der Waals surface area contributed by atoms with E-state index in [0.717, 1.165) is 32.5 Å². The molecule has 0 spiro atoms. The van der Waals surface area contributed by atoms with Crippen LogP contribution in [0.2, 0.25) is 4.34 Å². The molecule has 0 bridgehead atoms. The molecule has 0 fully saturated rings. The van der Waals surface area contributed by atoms with Gasteiger partial charge in [-0.3, -0.25) is 4.98 Å². The van der Waals surface area contributed by atoms with Gasteiger partial charge >= 0.3 is 0 Å². The number of pyridine rings is 1. The molecule has 0 N–H and O–H groups in total. The van der Waals surface area contributed by atoms with Crippen molar-refractivity contribution >= 4 is 39.6 Å². The topological polar surface area (TPSA) is 12.9 Å². The Hall–Kier alpha value is -0.830. The molecule has 0 amide bonds. The van der Waals surface area contributed by atoms with Crippen LogP contribution < -0.4 is 0 Å². The molecule has 2 aromatic heterocycles. The summed E-state index contributed by atoms with van der Waals surface area (Å²) < 4.78 is 0.788. The molecule has 0 unspecified atom stereocenters. The monoisotopic (exact) mass is 297 g/mol. The molecular weight excluding hydrogens is 285 g/mol. The summed E-state index contributed by atoms with van der Waals surface area (Å²) in [5, 5.41) is 0.714. The number of hydrogen-bond acceptors (Lipinski definition) is 2. The average molecular weight is 298 g/mol. The van der Waals surface area contributed by atoms with E-state index < -0.39 is 0 Å². The summed E-state index contributed by atoms with van der Waals surface area (Å²) in [6.07, 6.45) is 4.72. The number of allylic oxidation sites excluding steroid dienone is 1. The highest BCUT2D eigenvalue weighted by molar-refractivity contribution is 7.19. The predicted octanol–water partition coefficient (Wildman–Crippen LogP) is 5.76. The molecule has 1 nitrogen and oxygen atoms in total. The van der Waals surface area contributed by atoms with Crippen LogP contribution in [0.4, 0.5) is 0 Å². The molecule has 0 saturated heterocycles. The minimum absolute atomic E-state index is 0.714. The summed E-state index contributed by atoms with van der Waals surface area (Å²) in [4.78, 5) is 5.57. The SMILES string of the molecule is CC/C=C(/Cl)c1ncc(-c2ccc(Cl)s2)cc1C. The lowest BCUT2D eigenvalue weighted by molar-refractivity contribution is 1.20. The summed E-state index contributed by atoms with van der Waals surface area (Å²) in [5.41, 5.74) is 3.01. The molecule has 0 saturated carbocycles. The Morgan fingerprint density at radius 2 is 2.22 bits per heavy atom. The number of aryl methyl sites for hydroxylation is 1. The van der Waals surface area contributed by atoms with Crippen molar-refractivity contribution in [1.29, 1.82) is 0 Å². The minimum Gasteiger partial charge on any atom is -0.254 e. The molecule has 0 aliphatic rings. The van der Waals surface area contributed by atoms with E-state index in [9.17, 15) is 0 Å². The molecule has 94 valence electrons. The van der Waals surface area contributed by atoms with Crippen LogP contribution in [0.1, 0.15) is 24.6 Å². The maximum absolute atomic E-state index is 6.19. The lowest BCUT2D eigenvalue weighted by Gasteiger charge is -2.05. The first kappa shape index (κ1) is 13.6. The largest absolute Gasteiger partial charge is 0.254 e. The van der Waals surface area contributed by atoms with Crippen molar-refractivity contribution in [1.82, 2.24) is 4.98 Å². The lowest BCUT2D eigenvalue weighted by Crippen LogP contribution is -1.90. The fourth-order valence-electron chi connectivity index (χ4n) is 1.70. The average Bonchev–Trinajstić information content (AvgIpc) is 2.76. The van der Waals surface area contributed by atoms with Crippen LogP contribution >= 0.6 is 34.5 Å². The summed E-state index contributed by atoms with van der Waals surface area (Å²) in [6.45, 7) is 4.08. The zero-order valence-electron chi connectivity index (χ0n) is 10.2. The highest BCUT2D eigenvalue weighted by Crippen LogP contribution is 2.32. The lowest BCUT2D eigenvalue weighted by atomic mass is 10.1. The third-order valence-corrected chi connectivity index (χ3v) is 4.16. The second kappa shape index (κ2) is 5.87. The molecule has 0 aliphatic carbocycles. The minimum atomic E-state index is 0.714. The van der Waals surface area contributed by atoms with E-state index in [1.165, 1.54) is 0 Å². The Morgan fingerprint density at radius 1 is 1.44 bits per heavy atom. The molecule has 0 radical (unpaired) electrons. The van der Waals surface area contributed by atoms with Gasteiger partial charge in [0.25, 0.3) is 0 Å². The van der Waals surface area contributed by atoms with Gasteiger partial charge in [-0.25, -0.2) is 0 Å². The predicted molar refractivity (Wildman–Crippen MR) is 81.4 cm³/mol. The van der Waals surface area contributed by atoms with Gasteiger partial charge < -0.3 is 0 Å². The van der Waals surface area contributed by atoms with Crippen LogP contribution in [0.5, 0.6) is 0 Å². The van der Waals surface area contributed by atoms with Gasteiger partial charge in [-0.1, -0.05) is 36.2 Å². The van der Waals surface area contributed by atoms with Crippen molar-refractivity contribution in [3.05, 3.63) is 46.1 Å². The Bertz CT molecular complexity index is 587. The fourth-order valence-corrected chi connectivity index (χ4v) is 3.08. The van der Waals surface area contributed by atoms with Crippen molar-refractivity contribution < 1.29 is 0 Å². The van der Waals surface area contributed by atoms with Crippen LogP contribution in [0.25, 0.3) is 15.5 Å². The maximum atomic E-state index is 6.19. The quantitative estimate of drug-likeness (QED) is 0.701. The van der Waals surface area contributed by atoms with E-state index in [2.05, 4.69) is 18.0 Å². The second-order valence-electron chi connectivity index (χ2n) is 3.95. The van der Waals surface area contributed by atoms with Crippen LogP contribution in [-0.2, 0) is 0 Å². The molecule has 0 aliphatic heterocycles. The van der Waals surface area contributed by atoms with E-state index in [-0.39, 0.29) is 0 Å². The third kappa shape index (κ3) is 2.94. The normalized spacial score (nSPS) is 11.9. The molecule has 2 aromatic rings. The molecule has 2 rings (SSSR count). The van der Waals surface area contributed by atoms with Crippen LogP contribution in [-0.4, -0.2) is 4.98 Å². The number of halogens is 2. The molecule has 2 heterocycles. The van der Waals surface area contributed by atoms with Crippen LogP contribution in [0.3, 0.4) is 0 Å². The van der Waals surface area contributed by atoms with Gasteiger partial charge in [-0.2, -0.15) is 0 Å². The summed E-state index contributed by atoms with van der Waals surface area (Å²) >= 11 is 13.7. The van der Waals surface area contributed by atoms with Gasteiger partial charge in [0.05, 0.1) is 15.1 Å². The molecule has 0 atom stereocenters. The van der Waals surface area contributed by atoms with Crippen molar-refractivity contribution in [2.24, 2.45) is 0 Å². The number of hydrogen-bond donors (Lipinski definition) is 0. The van der Waals surface area contributed by atoms with E-state index in [1.54, 1.807) is 11.3 Å². The van der Waals surface area contributed by atoms with Crippen LogP contribution in [0, 0.1) is 6.92 Å². The standard InChI is InChI=1S/C14H13Cl2NS/c1-3-4-11(15)14-9(2)7-10(8-17-14)12-5-6-13(16)18-12/h4-8H,3H2,1-2H3/b11-4+. The molecule has 18 heavy (non-hydrogen) atoms. The van der Waals surface area contributed by atoms with Crippen molar-refractivity contribution in [3.63, 3.8) is 0 Å². The Balaban J connectivity index is 2.39. The Morgan fingerprint density at radius 3 is 2.78 bits per heavy atom. The fraction of sp³-hybridized carbons (Fsp3) is 0.214. The van der Waals surface area contributed by atoms with Gasteiger partial charge in [0.1, 0.15) is 0 Å². The zero-order chi connectivity index (χ0) is 13.1. The van der Waals surface area contributed by atoms with Gasteiger partial charge in [-0.05, 0) is 37.1 Å². The van der Waals surface area contributed by atoms with Crippen molar-refractivity contribution in [2.75, 3.05) is 0 Å². The van der Waals surface area contributed by atoms with E-state index in [0.29, 0.717) is 5.03 Å². The zero-order valence-corrected chi connectivity index (χ0v) is 12.5. The first-order valence-electron chi connectivity index (χ1n) is 5.70. The molecule has 0 aromatic carbocycles. The summed E-state index contributed by atoms with van der Waals surface area (Å²) in [7, 11) is 0. The highest BCUT2D eigenvalue weighted by atomic mass is 35.5. The third-order valence-electron chi connectivity index (χ3n) is 2.55. The van der Waals surface area contributed by atoms with E-state index >= 15 is 0 Å². The van der Waals surface area contributed by atoms with Gasteiger partial charge in [-0.15, -0.1) is 11.3 Å². The van der Waals surface area contributed by atoms with Crippen molar-refractivity contribution in [2.45, 2.75) is 20.3 Å².